The first kappa shape index (κ1) is 68.9. The summed E-state index contributed by atoms with van der Waals surface area (Å²) in [5.41, 5.74) is 0. The van der Waals surface area contributed by atoms with Gasteiger partial charge in [0.15, 0.2) is 24.6 Å². The number of allylic oxidation sites excluding steroid dienone is 14. The van der Waals surface area contributed by atoms with Crippen LogP contribution >= 0.6 is 0 Å². The predicted octanol–water partition coefficient (Wildman–Crippen LogP) is 15.1. The molecule has 0 saturated carbocycles. The van der Waals surface area contributed by atoms with Crippen LogP contribution in [0, 0.1) is 0 Å². The third-order valence-electron chi connectivity index (χ3n) is 12.9. The van der Waals surface area contributed by atoms with Crippen LogP contribution in [-0.4, -0.2) is 89.2 Å². The van der Waals surface area contributed by atoms with E-state index in [9.17, 15) is 34.5 Å². The molecule has 1 heterocycles. The third-order valence-corrected chi connectivity index (χ3v) is 12.9. The summed E-state index contributed by atoms with van der Waals surface area (Å²) in [5.74, 6) is -3.20. The van der Waals surface area contributed by atoms with Crippen molar-refractivity contribution < 1.29 is 58.2 Å². The molecule has 1 fully saturated rings. The third kappa shape index (κ3) is 40.8. The zero-order valence-electron chi connectivity index (χ0n) is 47.0. The van der Waals surface area contributed by atoms with E-state index < -0.39 is 67.3 Å². The molecule has 0 bridgehead atoms. The van der Waals surface area contributed by atoms with Gasteiger partial charge >= 0.3 is 23.9 Å². The predicted molar refractivity (Wildman–Crippen MR) is 303 cm³/mol. The monoisotopic (exact) mass is 1050 g/mol. The second-order valence-corrected chi connectivity index (χ2v) is 19.9. The maximum atomic E-state index is 13.1. The fraction of sp³-hybridized carbons (Fsp3) is 0.714. The molecule has 0 amide bonds. The van der Waals surface area contributed by atoms with E-state index in [0.29, 0.717) is 19.3 Å². The van der Waals surface area contributed by atoms with E-state index in [1.54, 1.807) is 0 Å². The summed E-state index contributed by atoms with van der Waals surface area (Å²) in [6, 6.07) is 0. The topological polar surface area (TPSA) is 175 Å². The summed E-state index contributed by atoms with van der Waals surface area (Å²) >= 11 is 0. The largest absolute Gasteiger partial charge is 0.479 e. The Labute approximate surface area is 454 Å². The zero-order valence-corrected chi connectivity index (χ0v) is 47.0. The number of carboxylic acids is 1. The van der Waals surface area contributed by atoms with E-state index in [-0.39, 0.29) is 25.9 Å². The number of aliphatic carboxylic acids is 1. The van der Waals surface area contributed by atoms with Gasteiger partial charge < -0.3 is 39.0 Å². The Bertz CT molecular complexity index is 1630. The molecule has 1 aliphatic rings. The molecule has 1 aliphatic heterocycles. The lowest BCUT2D eigenvalue weighted by molar-refractivity contribution is -0.301. The molecule has 1 rings (SSSR count). The van der Waals surface area contributed by atoms with Crippen LogP contribution in [0.15, 0.2) is 85.1 Å². The lowest BCUT2D eigenvalue weighted by atomic mass is 9.98. The number of carboxylic acid groups (broad SMARTS) is 1. The van der Waals surface area contributed by atoms with Crippen LogP contribution in [0.2, 0.25) is 0 Å². The van der Waals surface area contributed by atoms with Gasteiger partial charge in [-0.05, 0) is 109 Å². The molecular weight excluding hydrogens is 949 g/mol. The zero-order chi connectivity index (χ0) is 54.7. The standard InChI is InChI=1S/C63H104O12/c1-4-7-10-13-16-19-22-24-26-27-28-29-31-32-35-37-40-43-46-49-55(64)71-52-54(73-56(65)50-47-44-41-39-36-33-30-25-23-20-17-14-11-8-5-2)53-72-63-61(59(68)58(67)60(75-63)62(69)70)74-57(66)51-48-45-42-38-34-21-18-15-12-9-6-3/h8,11,15-20,24-26,30,36,39,54,58-61,63,67-68H,4-7,9-10,12-14,21-23,27-29,31-35,37-38,40-53H2,1-3H3,(H,69,70)/b11-8-,18-15-,19-16-,20-17-,26-24-,30-25-,39-36-. The molecule has 75 heavy (non-hydrogen) atoms. The summed E-state index contributed by atoms with van der Waals surface area (Å²) in [6.45, 7) is 5.76. The normalized spacial score (nSPS) is 18.8. The Balaban J connectivity index is 2.70. The van der Waals surface area contributed by atoms with Crippen LogP contribution in [-0.2, 0) is 42.9 Å². The number of hydrogen-bond donors (Lipinski definition) is 3. The molecule has 0 radical (unpaired) electrons. The first-order valence-electron chi connectivity index (χ1n) is 29.6. The summed E-state index contributed by atoms with van der Waals surface area (Å²) in [7, 11) is 0. The van der Waals surface area contributed by atoms with Gasteiger partial charge in [0, 0.05) is 19.3 Å². The molecule has 1 saturated heterocycles. The second kappa shape index (κ2) is 50.7. The summed E-state index contributed by atoms with van der Waals surface area (Å²) < 4.78 is 28.3. The Hall–Kier alpha value is -4.10. The Morgan fingerprint density at radius 1 is 0.453 bits per heavy atom. The van der Waals surface area contributed by atoms with Gasteiger partial charge in [0.2, 0.25) is 0 Å². The summed E-state index contributed by atoms with van der Waals surface area (Å²) in [6.07, 6.45) is 52.8. The Morgan fingerprint density at radius 2 is 0.853 bits per heavy atom. The molecule has 3 N–H and O–H groups in total. The minimum absolute atomic E-state index is 0.0417. The van der Waals surface area contributed by atoms with Crippen LogP contribution < -0.4 is 0 Å². The minimum atomic E-state index is -1.91. The smallest absolute Gasteiger partial charge is 0.335 e. The van der Waals surface area contributed by atoms with Gasteiger partial charge in [0.1, 0.15) is 18.8 Å². The van der Waals surface area contributed by atoms with Gasteiger partial charge in [-0.2, -0.15) is 0 Å². The lowest BCUT2D eigenvalue weighted by Gasteiger charge is -2.40. The quantitative estimate of drug-likeness (QED) is 0.0228. The van der Waals surface area contributed by atoms with Crippen LogP contribution in [0.25, 0.3) is 0 Å². The van der Waals surface area contributed by atoms with Crippen molar-refractivity contribution in [2.75, 3.05) is 13.2 Å². The van der Waals surface area contributed by atoms with Gasteiger partial charge in [0.25, 0.3) is 0 Å². The van der Waals surface area contributed by atoms with Gasteiger partial charge in [-0.15, -0.1) is 0 Å². The Kier molecular flexibility index (Phi) is 46.6. The highest BCUT2D eigenvalue weighted by molar-refractivity contribution is 5.74. The van der Waals surface area contributed by atoms with Crippen LogP contribution in [0.1, 0.15) is 239 Å². The maximum absolute atomic E-state index is 13.1. The molecule has 0 spiro atoms. The average molecular weight is 1050 g/mol. The molecule has 6 atom stereocenters. The van der Waals surface area contributed by atoms with E-state index in [0.717, 1.165) is 109 Å². The van der Waals surface area contributed by atoms with Crippen molar-refractivity contribution in [3.63, 3.8) is 0 Å². The number of carbonyl (C=O) groups is 4. The number of aliphatic hydroxyl groups is 2. The summed E-state index contributed by atoms with van der Waals surface area (Å²) in [5, 5.41) is 31.4. The average Bonchev–Trinajstić information content (AvgIpc) is 3.39. The van der Waals surface area contributed by atoms with E-state index in [4.69, 9.17) is 23.7 Å². The van der Waals surface area contributed by atoms with Crippen molar-refractivity contribution in [2.45, 2.75) is 276 Å². The Morgan fingerprint density at radius 3 is 1.36 bits per heavy atom. The summed E-state index contributed by atoms with van der Waals surface area (Å²) in [4.78, 5) is 51.1. The highest BCUT2D eigenvalue weighted by Crippen LogP contribution is 2.26. The first-order chi connectivity index (χ1) is 36.6. The molecule has 0 aliphatic carbocycles. The van der Waals surface area contributed by atoms with E-state index >= 15 is 0 Å². The van der Waals surface area contributed by atoms with Crippen LogP contribution in [0.4, 0.5) is 0 Å². The fourth-order valence-electron chi connectivity index (χ4n) is 8.37. The maximum Gasteiger partial charge on any atom is 0.335 e. The molecular formula is C63H104O12. The van der Waals surface area contributed by atoms with Crippen molar-refractivity contribution in [3.05, 3.63) is 85.1 Å². The molecule has 12 nitrogen and oxygen atoms in total. The number of aliphatic hydroxyl groups excluding tert-OH is 2. The minimum Gasteiger partial charge on any atom is -0.479 e. The molecule has 6 unspecified atom stereocenters. The van der Waals surface area contributed by atoms with Gasteiger partial charge in [-0.25, -0.2) is 4.79 Å². The number of ether oxygens (including phenoxy) is 5. The molecule has 0 aromatic heterocycles. The van der Waals surface area contributed by atoms with Crippen molar-refractivity contribution in [2.24, 2.45) is 0 Å². The van der Waals surface area contributed by atoms with E-state index in [1.807, 2.05) is 0 Å². The van der Waals surface area contributed by atoms with Crippen molar-refractivity contribution in [3.8, 4) is 0 Å². The number of rotatable bonds is 49. The van der Waals surface area contributed by atoms with Crippen molar-refractivity contribution >= 4 is 23.9 Å². The van der Waals surface area contributed by atoms with Crippen molar-refractivity contribution in [1.82, 2.24) is 0 Å². The van der Waals surface area contributed by atoms with Gasteiger partial charge in [-0.1, -0.05) is 196 Å². The lowest BCUT2D eigenvalue weighted by Crippen LogP contribution is -2.61. The van der Waals surface area contributed by atoms with E-state index in [1.165, 1.54) is 70.6 Å². The van der Waals surface area contributed by atoms with Gasteiger partial charge in [0.05, 0.1) is 6.61 Å². The molecule has 428 valence electrons. The van der Waals surface area contributed by atoms with Crippen molar-refractivity contribution in [1.29, 1.82) is 0 Å². The fourth-order valence-corrected chi connectivity index (χ4v) is 8.37. The number of hydrogen-bond acceptors (Lipinski definition) is 11. The number of carbonyl (C=O) groups excluding carboxylic acids is 3. The molecule has 12 heteroatoms. The van der Waals surface area contributed by atoms with E-state index in [2.05, 4.69) is 106 Å². The second-order valence-electron chi connectivity index (χ2n) is 19.9. The first-order valence-corrected chi connectivity index (χ1v) is 29.6. The number of esters is 3. The highest BCUT2D eigenvalue weighted by atomic mass is 16.7. The SMILES string of the molecule is CC/C=C\C/C=C\C/C=C\C/C=C\CCCCC(=O)OC(COC(=O)CCCCCCCCCCC/C=C\C/C=C\CCCCC)COC1OC(C(=O)O)C(O)C(O)C1OC(=O)CCCCCCC/C=C\CCCC. The van der Waals surface area contributed by atoms with Crippen LogP contribution in [0.3, 0.4) is 0 Å². The molecule has 0 aromatic rings. The highest BCUT2D eigenvalue weighted by Gasteiger charge is 2.50. The van der Waals surface area contributed by atoms with Gasteiger partial charge in [-0.3, -0.25) is 14.4 Å². The number of unbranched alkanes of at least 4 members (excludes halogenated alkanes) is 21. The molecule has 0 aromatic carbocycles. The van der Waals surface area contributed by atoms with Crippen LogP contribution in [0.5, 0.6) is 0 Å².